The van der Waals surface area contributed by atoms with Crippen molar-refractivity contribution in [3.05, 3.63) is 48.3 Å². The standard InChI is InChI=1S/C12H14N2O2/c1-3-9(15-7-1)11-12(14-6-5-13-11)10-4-2-8-16-10/h1-4,7-8,11-14H,5-6H2/t11-,12-/m1/s1. The van der Waals surface area contributed by atoms with E-state index in [2.05, 4.69) is 10.6 Å². The molecule has 3 heterocycles. The maximum absolute atomic E-state index is 5.46. The van der Waals surface area contributed by atoms with Gasteiger partial charge in [-0.15, -0.1) is 0 Å². The predicted molar refractivity (Wildman–Crippen MR) is 58.9 cm³/mol. The second-order valence-electron chi connectivity index (χ2n) is 3.89. The fourth-order valence-electron chi connectivity index (χ4n) is 2.16. The summed E-state index contributed by atoms with van der Waals surface area (Å²) < 4.78 is 10.9. The second-order valence-corrected chi connectivity index (χ2v) is 3.89. The van der Waals surface area contributed by atoms with Crippen molar-refractivity contribution in [1.29, 1.82) is 0 Å². The highest BCUT2D eigenvalue weighted by Gasteiger charge is 2.30. The van der Waals surface area contributed by atoms with Gasteiger partial charge in [0.25, 0.3) is 0 Å². The van der Waals surface area contributed by atoms with Gasteiger partial charge in [0.15, 0.2) is 0 Å². The van der Waals surface area contributed by atoms with Crippen molar-refractivity contribution >= 4 is 0 Å². The van der Waals surface area contributed by atoms with E-state index in [0.29, 0.717) is 0 Å². The summed E-state index contributed by atoms with van der Waals surface area (Å²) in [5.74, 6) is 1.88. The molecule has 0 aromatic carbocycles. The van der Waals surface area contributed by atoms with Gasteiger partial charge in [0, 0.05) is 13.1 Å². The van der Waals surface area contributed by atoms with E-state index in [4.69, 9.17) is 8.83 Å². The highest BCUT2D eigenvalue weighted by atomic mass is 16.3. The number of hydrogen-bond donors (Lipinski definition) is 2. The van der Waals surface area contributed by atoms with Gasteiger partial charge >= 0.3 is 0 Å². The van der Waals surface area contributed by atoms with Crippen molar-refractivity contribution in [1.82, 2.24) is 10.6 Å². The van der Waals surface area contributed by atoms with Gasteiger partial charge in [-0.2, -0.15) is 0 Å². The number of hydrogen-bond acceptors (Lipinski definition) is 4. The van der Waals surface area contributed by atoms with Crippen LogP contribution in [-0.2, 0) is 0 Å². The summed E-state index contributed by atoms with van der Waals surface area (Å²) in [6.45, 7) is 1.87. The molecule has 0 radical (unpaired) electrons. The summed E-state index contributed by atoms with van der Waals surface area (Å²) in [6, 6.07) is 8.06. The molecular weight excluding hydrogens is 204 g/mol. The van der Waals surface area contributed by atoms with Crippen LogP contribution in [0.15, 0.2) is 45.6 Å². The minimum atomic E-state index is 0.134. The SMILES string of the molecule is c1coc([C@H]2NCCN[C@@H]2c2ccco2)c1. The Balaban J connectivity index is 1.90. The molecule has 0 unspecified atom stereocenters. The molecule has 0 spiro atoms. The molecule has 1 aliphatic heterocycles. The van der Waals surface area contributed by atoms with Gasteiger partial charge in [0.1, 0.15) is 11.5 Å². The first kappa shape index (κ1) is 9.69. The van der Waals surface area contributed by atoms with Crippen molar-refractivity contribution in [3.8, 4) is 0 Å². The molecule has 0 aliphatic carbocycles. The highest BCUT2D eigenvalue weighted by molar-refractivity contribution is 5.16. The first-order valence-corrected chi connectivity index (χ1v) is 5.49. The Hall–Kier alpha value is -1.52. The number of furan rings is 2. The summed E-state index contributed by atoms with van der Waals surface area (Å²) >= 11 is 0. The van der Waals surface area contributed by atoms with Crippen LogP contribution in [0.4, 0.5) is 0 Å². The predicted octanol–water partition coefficient (Wildman–Crippen LogP) is 1.85. The van der Waals surface area contributed by atoms with Gasteiger partial charge in [0.2, 0.25) is 0 Å². The van der Waals surface area contributed by atoms with Gasteiger partial charge < -0.3 is 19.5 Å². The summed E-state index contributed by atoms with van der Waals surface area (Å²) in [4.78, 5) is 0. The van der Waals surface area contributed by atoms with E-state index in [0.717, 1.165) is 24.6 Å². The smallest absolute Gasteiger partial charge is 0.122 e. The molecule has 16 heavy (non-hydrogen) atoms. The fraction of sp³-hybridized carbons (Fsp3) is 0.333. The van der Waals surface area contributed by atoms with Crippen LogP contribution in [0.2, 0.25) is 0 Å². The molecule has 2 N–H and O–H groups in total. The van der Waals surface area contributed by atoms with E-state index in [1.807, 2.05) is 24.3 Å². The third kappa shape index (κ3) is 1.66. The van der Waals surface area contributed by atoms with Crippen LogP contribution < -0.4 is 10.6 Å². The molecule has 1 fully saturated rings. The fourth-order valence-corrected chi connectivity index (χ4v) is 2.16. The van der Waals surface area contributed by atoms with Crippen LogP contribution in [0.5, 0.6) is 0 Å². The van der Waals surface area contributed by atoms with Gasteiger partial charge in [-0.1, -0.05) is 0 Å². The minimum Gasteiger partial charge on any atom is -0.468 e. The van der Waals surface area contributed by atoms with E-state index < -0.39 is 0 Å². The molecular formula is C12H14N2O2. The zero-order valence-corrected chi connectivity index (χ0v) is 8.85. The first-order valence-electron chi connectivity index (χ1n) is 5.49. The molecule has 0 bridgehead atoms. The van der Waals surface area contributed by atoms with E-state index in [9.17, 15) is 0 Å². The van der Waals surface area contributed by atoms with Crippen molar-refractivity contribution < 1.29 is 8.83 Å². The Kier molecular flexibility index (Phi) is 2.52. The van der Waals surface area contributed by atoms with Crippen molar-refractivity contribution in [2.45, 2.75) is 12.1 Å². The lowest BCUT2D eigenvalue weighted by molar-refractivity contribution is 0.261. The lowest BCUT2D eigenvalue weighted by atomic mass is 10.0. The van der Waals surface area contributed by atoms with Crippen LogP contribution in [0.3, 0.4) is 0 Å². The van der Waals surface area contributed by atoms with Gasteiger partial charge in [-0.3, -0.25) is 0 Å². The Labute approximate surface area is 93.6 Å². The quantitative estimate of drug-likeness (QED) is 0.807. The average Bonchev–Trinajstić information content (AvgIpc) is 3.03. The average molecular weight is 218 g/mol. The molecule has 0 amide bonds. The molecule has 4 nitrogen and oxygen atoms in total. The monoisotopic (exact) mass is 218 g/mol. The lowest BCUT2D eigenvalue weighted by Crippen LogP contribution is -2.45. The molecule has 0 saturated carbocycles. The van der Waals surface area contributed by atoms with Crippen LogP contribution in [0.25, 0.3) is 0 Å². The van der Waals surface area contributed by atoms with E-state index in [1.165, 1.54) is 0 Å². The topological polar surface area (TPSA) is 50.3 Å². The van der Waals surface area contributed by atoms with Crippen molar-refractivity contribution in [2.24, 2.45) is 0 Å². The minimum absolute atomic E-state index is 0.134. The Bertz CT molecular complexity index is 380. The summed E-state index contributed by atoms with van der Waals surface area (Å²) in [5.41, 5.74) is 0. The third-order valence-corrected chi connectivity index (χ3v) is 2.89. The second kappa shape index (κ2) is 4.15. The molecule has 84 valence electrons. The van der Waals surface area contributed by atoms with E-state index >= 15 is 0 Å². The van der Waals surface area contributed by atoms with Crippen molar-refractivity contribution in [3.63, 3.8) is 0 Å². The molecule has 2 aromatic heterocycles. The number of nitrogens with one attached hydrogen (secondary N) is 2. The molecule has 1 saturated heterocycles. The molecule has 2 aromatic rings. The van der Waals surface area contributed by atoms with Crippen molar-refractivity contribution in [2.75, 3.05) is 13.1 Å². The first-order chi connectivity index (χ1) is 7.95. The molecule has 2 atom stereocenters. The van der Waals surface area contributed by atoms with Gasteiger partial charge in [-0.05, 0) is 24.3 Å². The maximum atomic E-state index is 5.46. The van der Waals surface area contributed by atoms with Crippen LogP contribution in [0.1, 0.15) is 23.6 Å². The normalized spacial score (nSPS) is 25.8. The Morgan fingerprint density at radius 3 is 1.75 bits per heavy atom. The van der Waals surface area contributed by atoms with E-state index in [1.54, 1.807) is 12.5 Å². The Morgan fingerprint density at radius 1 is 0.875 bits per heavy atom. The molecule has 4 heteroatoms. The summed E-state index contributed by atoms with van der Waals surface area (Å²) in [7, 11) is 0. The third-order valence-electron chi connectivity index (χ3n) is 2.89. The lowest BCUT2D eigenvalue weighted by Gasteiger charge is -2.31. The van der Waals surface area contributed by atoms with Crippen LogP contribution in [-0.4, -0.2) is 13.1 Å². The van der Waals surface area contributed by atoms with Gasteiger partial charge in [0.05, 0.1) is 24.6 Å². The zero-order chi connectivity index (χ0) is 10.8. The largest absolute Gasteiger partial charge is 0.468 e. The molecule has 1 aliphatic rings. The number of piperazine rings is 1. The summed E-state index contributed by atoms with van der Waals surface area (Å²) in [6.07, 6.45) is 3.40. The van der Waals surface area contributed by atoms with Crippen LogP contribution >= 0.6 is 0 Å². The maximum Gasteiger partial charge on any atom is 0.122 e. The zero-order valence-electron chi connectivity index (χ0n) is 8.85. The van der Waals surface area contributed by atoms with Crippen LogP contribution in [0, 0.1) is 0 Å². The van der Waals surface area contributed by atoms with E-state index in [-0.39, 0.29) is 12.1 Å². The van der Waals surface area contributed by atoms with Gasteiger partial charge in [-0.25, -0.2) is 0 Å². The highest BCUT2D eigenvalue weighted by Crippen LogP contribution is 2.30. The number of rotatable bonds is 2. The molecule has 3 rings (SSSR count). The summed E-state index contributed by atoms with van der Waals surface area (Å²) in [5, 5.41) is 6.89. The Morgan fingerprint density at radius 2 is 1.38 bits per heavy atom.